The zero-order valence-corrected chi connectivity index (χ0v) is 13.1. The molecule has 3 rings (SSSR count). The van der Waals surface area contributed by atoms with Gasteiger partial charge in [0.05, 0.1) is 0 Å². The molecule has 4 amide bonds. The van der Waals surface area contributed by atoms with Gasteiger partial charge in [-0.1, -0.05) is 6.07 Å². The fraction of sp³-hybridized carbons (Fsp3) is 0.438. The first-order valence-electron chi connectivity index (χ1n) is 7.78. The monoisotopic (exact) mass is 316 g/mol. The van der Waals surface area contributed by atoms with Gasteiger partial charge in [0, 0.05) is 50.4 Å². The number of nitrogens with zero attached hydrogens (tertiary/aromatic N) is 2. The SMILES string of the molecule is Cc1ccc(C(=O)N2CCNCC2)cc1N1CCC(=O)NC1=O. The standard InChI is InChI=1S/C16H20N4O3/c1-11-2-3-12(15(22)19-8-5-17-6-9-19)10-13(11)20-7-4-14(21)18-16(20)23/h2-3,10,17H,4-9H2,1H3,(H,18,21,23). The number of amides is 4. The van der Waals surface area contributed by atoms with Crippen molar-refractivity contribution in [2.45, 2.75) is 13.3 Å². The highest BCUT2D eigenvalue weighted by atomic mass is 16.2. The highest BCUT2D eigenvalue weighted by Crippen LogP contribution is 2.24. The van der Waals surface area contributed by atoms with Crippen LogP contribution in [0.4, 0.5) is 10.5 Å². The molecular formula is C16H20N4O3. The summed E-state index contributed by atoms with van der Waals surface area (Å²) >= 11 is 0. The van der Waals surface area contributed by atoms with Crippen LogP contribution in [0, 0.1) is 6.92 Å². The number of piperazine rings is 1. The second-order valence-corrected chi connectivity index (χ2v) is 5.80. The van der Waals surface area contributed by atoms with E-state index in [1.807, 2.05) is 17.9 Å². The predicted molar refractivity (Wildman–Crippen MR) is 85.5 cm³/mol. The van der Waals surface area contributed by atoms with Crippen LogP contribution in [0.1, 0.15) is 22.3 Å². The van der Waals surface area contributed by atoms with Crippen LogP contribution in [-0.4, -0.2) is 55.5 Å². The van der Waals surface area contributed by atoms with Gasteiger partial charge in [0.25, 0.3) is 5.91 Å². The molecule has 122 valence electrons. The predicted octanol–water partition coefficient (Wildman–Crippen LogP) is 0.487. The largest absolute Gasteiger partial charge is 0.336 e. The first-order chi connectivity index (χ1) is 11.1. The van der Waals surface area contributed by atoms with Crippen molar-refractivity contribution in [1.82, 2.24) is 15.5 Å². The van der Waals surface area contributed by atoms with E-state index < -0.39 is 6.03 Å². The Morgan fingerprint density at radius 3 is 2.57 bits per heavy atom. The third kappa shape index (κ3) is 3.19. The Morgan fingerprint density at radius 2 is 1.87 bits per heavy atom. The van der Waals surface area contributed by atoms with Crippen LogP contribution >= 0.6 is 0 Å². The summed E-state index contributed by atoms with van der Waals surface area (Å²) in [6, 6.07) is 4.94. The fourth-order valence-electron chi connectivity index (χ4n) is 2.88. The molecule has 2 heterocycles. The van der Waals surface area contributed by atoms with Gasteiger partial charge in [-0.25, -0.2) is 4.79 Å². The maximum atomic E-state index is 12.6. The highest BCUT2D eigenvalue weighted by molar-refractivity contribution is 6.06. The molecule has 2 fully saturated rings. The van der Waals surface area contributed by atoms with Crippen LogP contribution in [0.25, 0.3) is 0 Å². The number of nitrogens with one attached hydrogen (secondary N) is 2. The molecule has 0 radical (unpaired) electrons. The van der Waals surface area contributed by atoms with E-state index >= 15 is 0 Å². The van der Waals surface area contributed by atoms with Gasteiger partial charge in [0.1, 0.15) is 0 Å². The number of aryl methyl sites for hydroxylation is 1. The van der Waals surface area contributed by atoms with Crippen LogP contribution < -0.4 is 15.5 Å². The fourth-order valence-corrected chi connectivity index (χ4v) is 2.88. The van der Waals surface area contributed by atoms with Crippen molar-refractivity contribution in [3.63, 3.8) is 0 Å². The van der Waals surface area contributed by atoms with E-state index in [1.54, 1.807) is 12.1 Å². The molecule has 0 spiro atoms. The summed E-state index contributed by atoms with van der Waals surface area (Å²) in [5.74, 6) is -0.293. The van der Waals surface area contributed by atoms with Crippen LogP contribution in [0.5, 0.6) is 0 Å². The minimum atomic E-state index is -0.434. The Bertz CT molecular complexity index is 653. The number of imide groups is 1. The number of carbonyl (C=O) groups is 3. The summed E-state index contributed by atoms with van der Waals surface area (Å²) in [4.78, 5) is 39.3. The zero-order valence-electron chi connectivity index (χ0n) is 13.1. The Balaban J connectivity index is 1.85. The van der Waals surface area contributed by atoms with E-state index in [1.165, 1.54) is 4.90 Å². The van der Waals surface area contributed by atoms with Gasteiger partial charge < -0.3 is 10.2 Å². The van der Waals surface area contributed by atoms with Crippen molar-refractivity contribution in [2.24, 2.45) is 0 Å². The summed E-state index contributed by atoms with van der Waals surface area (Å²) in [5.41, 5.74) is 2.14. The van der Waals surface area contributed by atoms with Gasteiger partial charge in [-0.05, 0) is 24.6 Å². The summed E-state index contributed by atoms with van der Waals surface area (Å²) in [6.07, 6.45) is 0.265. The molecule has 23 heavy (non-hydrogen) atoms. The maximum Gasteiger partial charge on any atom is 0.328 e. The van der Waals surface area contributed by atoms with Gasteiger partial charge in [-0.15, -0.1) is 0 Å². The molecule has 2 N–H and O–H groups in total. The Hall–Kier alpha value is -2.41. The number of hydrogen-bond donors (Lipinski definition) is 2. The molecule has 2 saturated heterocycles. The van der Waals surface area contributed by atoms with Crippen LogP contribution in [-0.2, 0) is 4.79 Å². The molecule has 0 aliphatic carbocycles. The molecule has 1 aromatic rings. The summed E-state index contributed by atoms with van der Waals surface area (Å²) in [5, 5.41) is 5.53. The summed E-state index contributed by atoms with van der Waals surface area (Å²) < 4.78 is 0. The van der Waals surface area contributed by atoms with E-state index in [0.29, 0.717) is 30.9 Å². The van der Waals surface area contributed by atoms with Gasteiger partial charge >= 0.3 is 6.03 Å². The van der Waals surface area contributed by atoms with E-state index in [9.17, 15) is 14.4 Å². The lowest BCUT2D eigenvalue weighted by molar-refractivity contribution is -0.120. The lowest BCUT2D eigenvalue weighted by Gasteiger charge is -2.30. The lowest BCUT2D eigenvalue weighted by atomic mass is 10.1. The van der Waals surface area contributed by atoms with Gasteiger partial charge in [0.15, 0.2) is 0 Å². The number of anilines is 1. The number of urea groups is 1. The molecule has 0 aromatic heterocycles. The third-order valence-electron chi connectivity index (χ3n) is 4.21. The number of benzene rings is 1. The Labute approximate surface area is 134 Å². The molecule has 2 aliphatic rings. The number of carbonyl (C=O) groups excluding carboxylic acids is 3. The number of hydrogen-bond acceptors (Lipinski definition) is 4. The van der Waals surface area contributed by atoms with Gasteiger partial charge in [0.2, 0.25) is 5.91 Å². The van der Waals surface area contributed by atoms with Crippen LogP contribution in [0.2, 0.25) is 0 Å². The average Bonchev–Trinajstić information content (AvgIpc) is 2.56. The molecule has 0 saturated carbocycles. The average molecular weight is 316 g/mol. The van der Waals surface area contributed by atoms with E-state index in [4.69, 9.17) is 0 Å². The van der Waals surface area contributed by atoms with E-state index in [0.717, 1.165) is 18.7 Å². The second-order valence-electron chi connectivity index (χ2n) is 5.80. The minimum absolute atomic E-state index is 0.0266. The normalized spacial score (nSPS) is 18.8. The quantitative estimate of drug-likeness (QED) is 0.832. The molecular weight excluding hydrogens is 296 g/mol. The lowest BCUT2D eigenvalue weighted by Crippen LogP contribution is -2.50. The Kier molecular flexibility index (Phi) is 4.29. The second kappa shape index (κ2) is 6.37. The summed E-state index contributed by atoms with van der Waals surface area (Å²) in [7, 11) is 0. The van der Waals surface area contributed by atoms with Gasteiger partial charge in [-0.2, -0.15) is 0 Å². The zero-order chi connectivity index (χ0) is 16.4. The summed E-state index contributed by atoms with van der Waals surface area (Å²) in [6.45, 7) is 5.17. The highest BCUT2D eigenvalue weighted by Gasteiger charge is 2.26. The van der Waals surface area contributed by atoms with Crippen molar-refractivity contribution in [3.8, 4) is 0 Å². The van der Waals surface area contributed by atoms with Crippen molar-refractivity contribution in [2.75, 3.05) is 37.6 Å². The van der Waals surface area contributed by atoms with Crippen molar-refractivity contribution < 1.29 is 14.4 Å². The molecule has 1 aromatic carbocycles. The van der Waals surface area contributed by atoms with E-state index in [2.05, 4.69) is 10.6 Å². The van der Waals surface area contributed by atoms with Crippen LogP contribution in [0.15, 0.2) is 18.2 Å². The van der Waals surface area contributed by atoms with Crippen molar-refractivity contribution >= 4 is 23.5 Å². The molecule has 0 atom stereocenters. The van der Waals surface area contributed by atoms with Crippen LogP contribution in [0.3, 0.4) is 0 Å². The molecule has 2 aliphatic heterocycles. The van der Waals surface area contributed by atoms with Crippen molar-refractivity contribution in [1.29, 1.82) is 0 Å². The smallest absolute Gasteiger partial charge is 0.328 e. The maximum absolute atomic E-state index is 12.6. The van der Waals surface area contributed by atoms with Crippen molar-refractivity contribution in [3.05, 3.63) is 29.3 Å². The number of rotatable bonds is 2. The minimum Gasteiger partial charge on any atom is -0.336 e. The van der Waals surface area contributed by atoms with E-state index in [-0.39, 0.29) is 18.2 Å². The molecule has 7 nitrogen and oxygen atoms in total. The third-order valence-corrected chi connectivity index (χ3v) is 4.21. The molecule has 0 unspecified atom stereocenters. The molecule has 7 heteroatoms. The topological polar surface area (TPSA) is 81.8 Å². The van der Waals surface area contributed by atoms with Gasteiger partial charge in [-0.3, -0.25) is 19.8 Å². The Morgan fingerprint density at radius 1 is 1.13 bits per heavy atom. The first kappa shape index (κ1) is 15.5. The first-order valence-corrected chi connectivity index (χ1v) is 7.78. The molecule has 0 bridgehead atoms.